The summed E-state index contributed by atoms with van der Waals surface area (Å²) in [6.45, 7) is 15.1. The Morgan fingerprint density at radius 2 is 0.962 bits per heavy atom. The van der Waals surface area contributed by atoms with Gasteiger partial charge in [0.05, 0.1) is 18.8 Å². The van der Waals surface area contributed by atoms with Gasteiger partial charge in [-0.25, -0.2) is 0 Å². The van der Waals surface area contributed by atoms with Crippen LogP contribution in [0.3, 0.4) is 0 Å². The van der Waals surface area contributed by atoms with Crippen molar-refractivity contribution in [1.29, 1.82) is 0 Å². The second-order valence-electron chi connectivity index (χ2n) is 16.1. The van der Waals surface area contributed by atoms with Crippen LogP contribution in [0.1, 0.15) is 202 Å². The van der Waals surface area contributed by atoms with Crippen LogP contribution < -0.4 is 9.47 Å². The number of hydrogen-bond donors (Lipinski definition) is 0. The normalized spacial score (nSPS) is 12.6. The van der Waals surface area contributed by atoms with Gasteiger partial charge in [-0.15, -0.1) is 0 Å². The van der Waals surface area contributed by atoms with Crippen molar-refractivity contribution in [3.63, 3.8) is 0 Å². The molecule has 0 amide bonds. The zero-order valence-electron chi connectivity index (χ0n) is 34.9. The largest absolute Gasteiger partial charge is 0.493 e. The van der Waals surface area contributed by atoms with Gasteiger partial charge in [0.15, 0.2) is 0 Å². The van der Waals surface area contributed by atoms with E-state index >= 15 is 0 Å². The summed E-state index contributed by atoms with van der Waals surface area (Å²) in [5, 5.41) is 0. The van der Waals surface area contributed by atoms with E-state index in [-0.39, 0.29) is 5.41 Å². The van der Waals surface area contributed by atoms with Crippen LogP contribution in [0.25, 0.3) is 11.1 Å². The number of ether oxygens (including phenoxy) is 2. The minimum Gasteiger partial charge on any atom is -0.493 e. The molecule has 4 rings (SSSR count). The van der Waals surface area contributed by atoms with E-state index in [0.29, 0.717) is 0 Å². The standard InChI is InChI=1S/C51H74O2/c1-7-11-15-19-21-25-35-52-49-40-44(50(38-42(49)6)53-36-26-22-20-16-12-8-2)30-28-43-29-32-46-45-31-27-41(5)37-47(45)51(48(46)39-43,33-23-17-13-9-3)34-24-18-14-10-4/h27,29,31-32,37-40H,7-26,33-36H2,1-6H3. The predicted molar refractivity (Wildman–Crippen MR) is 230 cm³/mol. The molecule has 0 atom stereocenters. The summed E-state index contributed by atoms with van der Waals surface area (Å²) >= 11 is 0. The quantitative estimate of drug-likeness (QED) is 0.0608. The van der Waals surface area contributed by atoms with Crippen LogP contribution in [0.2, 0.25) is 0 Å². The Morgan fingerprint density at radius 3 is 1.55 bits per heavy atom. The molecular formula is C51H74O2. The summed E-state index contributed by atoms with van der Waals surface area (Å²) in [6.07, 6.45) is 27.8. The molecule has 0 heterocycles. The molecule has 0 bridgehead atoms. The average Bonchev–Trinajstić information content (AvgIpc) is 3.42. The molecule has 0 aliphatic heterocycles. The Balaban J connectivity index is 1.64. The summed E-state index contributed by atoms with van der Waals surface area (Å²) in [4.78, 5) is 0. The lowest BCUT2D eigenvalue weighted by atomic mass is 9.70. The van der Waals surface area contributed by atoms with Crippen molar-refractivity contribution in [2.75, 3.05) is 13.2 Å². The molecule has 0 N–H and O–H groups in total. The molecule has 1 aliphatic rings. The molecule has 2 nitrogen and oxygen atoms in total. The number of aryl methyl sites for hydroxylation is 2. The molecule has 0 fully saturated rings. The van der Waals surface area contributed by atoms with Crippen LogP contribution in [-0.4, -0.2) is 13.2 Å². The Hall–Kier alpha value is -3.18. The van der Waals surface area contributed by atoms with E-state index in [0.717, 1.165) is 54.2 Å². The Labute approximate surface area is 326 Å². The molecule has 2 heteroatoms. The fourth-order valence-electron chi connectivity index (χ4n) is 8.36. The maximum Gasteiger partial charge on any atom is 0.135 e. The van der Waals surface area contributed by atoms with Gasteiger partial charge in [-0.05, 0) is 91.6 Å². The highest BCUT2D eigenvalue weighted by Crippen LogP contribution is 2.54. The van der Waals surface area contributed by atoms with Gasteiger partial charge in [-0.2, -0.15) is 0 Å². The third kappa shape index (κ3) is 12.7. The summed E-state index contributed by atoms with van der Waals surface area (Å²) < 4.78 is 12.9. The first-order valence-electron chi connectivity index (χ1n) is 22.2. The van der Waals surface area contributed by atoms with Crippen molar-refractivity contribution in [2.45, 2.75) is 188 Å². The number of fused-ring (bicyclic) bond motifs is 3. The third-order valence-electron chi connectivity index (χ3n) is 11.6. The van der Waals surface area contributed by atoms with E-state index in [1.54, 1.807) is 5.56 Å². The van der Waals surface area contributed by atoms with Crippen molar-refractivity contribution in [2.24, 2.45) is 0 Å². The summed E-state index contributed by atoms with van der Waals surface area (Å²) in [5.74, 6) is 9.07. The molecule has 0 saturated heterocycles. The van der Waals surface area contributed by atoms with Gasteiger partial charge in [-0.1, -0.05) is 185 Å². The van der Waals surface area contributed by atoms with Crippen LogP contribution in [-0.2, 0) is 5.41 Å². The van der Waals surface area contributed by atoms with Gasteiger partial charge in [0.1, 0.15) is 11.5 Å². The van der Waals surface area contributed by atoms with E-state index in [1.807, 2.05) is 0 Å². The lowest BCUT2D eigenvalue weighted by Crippen LogP contribution is -2.25. The van der Waals surface area contributed by atoms with Crippen molar-refractivity contribution in [1.82, 2.24) is 0 Å². The number of unbranched alkanes of at least 4 members (excludes halogenated alkanes) is 16. The fourth-order valence-corrected chi connectivity index (χ4v) is 8.36. The van der Waals surface area contributed by atoms with Gasteiger partial charge in [0.2, 0.25) is 0 Å². The molecule has 0 unspecified atom stereocenters. The highest BCUT2D eigenvalue weighted by molar-refractivity contribution is 5.82. The maximum absolute atomic E-state index is 6.48. The van der Waals surface area contributed by atoms with Crippen LogP contribution in [0, 0.1) is 25.7 Å². The minimum absolute atomic E-state index is 0.0582. The predicted octanol–water partition coefficient (Wildman–Crippen LogP) is 15.4. The molecule has 3 aromatic rings. The van der Waals surface area contributed by atoms with E-state index in [9.17, 15) is 0 Å². The van der Waals surface area contributed by atoms with E-state index in [2.05, 4.69) is 102 Å². The summed E-state index contributed by atoms with van der Waals surface area (Å²) in [7, 11) is 0. The molecule has 0 spiro atoms. The van der Waals surface area contributed by atoms with Crippen LogP contribution in [0.15, 0.2) is 48.5 Å². The minimum atomic E-state index is 0.0582. The molecular weight excluding hydrogens is 645 g/mol. The molecule has 0 saturated carbocycles. The fraction of sp³-hybridized carbons (Fsp3) is 0.608. The molecule has 0 aromatic heterocycles. The number of rotatable bonds is 26. The molecule has 290 valence electrons. The topological polar surface area (TPSA) is 18.5 Å². The van der Waals surface area contributed by atoms with Gasteiger partial charge in [-0.3, -0.25) is 0 Å². The van der Waals surface area contributed by atoms with Gasteiger partial charge in [0.25, 0.3) is 0 Å². The highest BCUT2D eigenvalue weighted by Gasteiger charge is 2.42. The van der Waals surface area contributed by atoms with E-state index in [4.69, 9.17) is 9.47 Å². The first-order valence-corrected chi connectivity index (χ1v) is 22.2. The van der Waals surface area contributed by atoms with Gasteiger partial charge >= 0.3 is 0 Å². The lowest BCUT2D eigenvalue weighted by molar-refractivity contribution is 0.294. The summed E-state index contributed by atoms with van der Waals surface area (Å²) in [6, 6.07) is 18.6. The molecule has 3 aromatic carbocycles. The van der Waals surface area contributed by atoms with Crippen molar-refractivity contribution in [3.05, 3.63) is 81.9 Å². The zero-order valence-corrected chi connectivity index (χ0v) is 34.9. The summed E-state index contributed by atoms with van der Waals surface area (Å²) in [5.41, 5.74) is 10.5. The lowest BCUT2D eigenvalue weighted by Gasteiger charge is -2.33. The second kappa shape index (κ2) is 23.6. The zero-order chi connectivity index (χ0) is 37.7. The van der Waals surface area contributed by atoms with Gasteiger partial charge < -0.3 is 9.47 Å². The van der Waals surface area contributed by atoms with Gasteiger partial charge in [0, 0.05) is 11.0 Å². The first kappa shape index (κ1) is 42.6. The molecule has 53 heavy (non-hydrogen) atoms. The van der Waals surface area contributed by atoms with Crippen LogP contribution in [0.5, 0.6) is 11.5 Å². The highest BCUT2D eigenvalue weighted by atomic mass is 16.5. The van der Waals surface area contributed by atoms with Crippen LogP contribution in [0.4, 0.5) is 0 Å². The Bertz CT molecular complexity index is 1560. The number of hydrogen-bond acceptors (Lipinski definition) is 2. The number of benzene rings is 3. The molecule has 1 aliphatic carbocycles. The van der Waals surface area contributed by atoms with E-state index in [1.165, 1.54) is 151 Å². The third-order valence-corrected chi connectivity index (χ3v) is 11.6. The maximum atomic E-state index is 6.48. The second-order valence-corrected chi connectivity index (χ2v) is 16.1. The smallest absolute Gasteiger partial charge is 0.135 e. The first-order chi connectivity index (χ1) is 26.0. The Kier molecular flexibility index (Phi) is 18.9. The van der Waals surface area contributed by atoms with Crippen molar-refractivity contribution >= 4 is 0 Å². The van der Waals surface area contributed by atoms with E-state index < -0.39 is 0 Å². The monoisotopic (exact) mass is 719 g/mol. The SMILES string of the molecule is CCCCCCCCOc1cc(C#Cc2ccc3c(c2)C(CCCCCC)(CCCCCC)c2cc(C)ccc2-3)c(OCCCCCCCC)cc1C. The van der Waals surface area contributed by atoms with Crippen LogP contribution >= 0.6 is 0 Å². The van der Waals surface area contributed by atoms with Crippen molar-refractivity contribution < 1.29 is 9.47 Å². The van der Waals surface area contributed by atoms with Crippen molar-refractivity contribution in [3.8, 4) is 34.5 Å². The Morgan fingerprint density at radius 1 is 0.472 bits per heavy atom. The molecule has 0 radical (unpaired) electrons. The average molecular weight is 719 g/mol.